The minimum absolute atomic E-state index is 0.0606. The zero-order chi connectivity index (χ0) is 20.3. The molecule has 142 valence electrons. The van der Waals surface area contributed by atoms with E-state index in [0.717, 1.165) is 0 Å². The number of nitrogens with one attached hydrogen (secondary N) is 2. The monoisotopic (exact) mass is 416 g/mol. The number of anilines is 4. The molecule has 0 aliphatic heterocycles. The quantitative estimate of drug-likeness (QED) is 0.400. The van der Waals surface area contributed by atoms with Gasteiger partial charge in [-0.15, -0.1) is 0 Å². The van der Waals surface area contributed by atoms with E-state index in [2.05, 4.69) is 10.6 Å². The minimum Gasteiger partial charge on any atom is -0.478 e. The van der Waals surface area contributed by atoms with E-state index in [0.29, 0.717) is 27.8 Å². The lowest BCUT2D eigenvalue weighted by atomic mass is 10.1. The third kappa shape index (κ3) is 4.19. The average molecular weight is 417 g/mol. The van der Waals surface area contributed by atoms with Crippen molar-refractivity contribution < 1.29 is 19.8 Å². The summed E-state index contributed by atoms with van der Waals surface area (Å²) < 4.78 is 0. The summed E-state index contributed by atoms with van der Waals surface area (Å²) in [6.45, 7) is 0. The van der Waals surface area contributed by atoms with Gasteiger partial charge in [0.15, 0.2) is 0 Å². The van der Waals surface area contributed by atoms with Gasteiger partial charge in [-0.1, -0.05) is 47.5 Å². The molecule has 0 aromatic heterocycles. The molecule has 3 aromatic carbocycles. The fourth-order valence-electron chi connectivity index (χ4n) is 2.64. The van der Waals surface area contributed by atoms with Crippen molar-refractivity contribution in [1.82, 2.24) is 0 Å². The van der Waals surface area contributed by atoms with Crippen LogP contribution in [0.4, 0.5) is 22.7 Å². The second-order valence-corrected chi connectivity index (χ2v) is 6.61. The topological polar surface area (TPSA) is 98.7 Å². The Morgan fingerprint density at radius 1 is 0.714 bits per heavy atom. The third-order valence-electron chi connectivity index (χ3n) is 3.90. The van der Waals surface area contributed by atoms with Gasteiger partial charge >= 0.3 is 11.9 Å². The summed E-state index contributed by atoms with van der Waals surface area (Å²) in [5, 5.41) is 25.4. The number of hydrogen-bond acceptors (Lipinski definition) is 4. The highest BCUT2D eigenvalue weighted by atomic mass is 35.5. The van der Waals surface area contributed by atoms with Gasteiger partial charge in [0, 0.05) is 5.02 Å². The van der Waals surface area contributed by atoms with Crippen LogP contribution < -0.4 is 10.6 Å². The molecule has 0 saturated carbocycles. The van der Waals surface area contributed by atoms with Crippen molar-refractivity contribution in [2.45, 2.75) is 0 Å². The number of rotatable bonds is 6. The summed E-state index contributed by atoms with van der Waals surface area (Å²) in [7, 11) is 0. The zero-order valence-corrected chi connectivity index (χ0v) is 15.8. The van der Waals surface area contributed by atoms with Gasteiger partial charge in [0.2, 0.25) is 0 Å². The lowest BCUT2D eigenvalue weighted by Crippen LogP contribution is -2.06. The van der Waals surface area contributed by atoms with E-state index in [1.807, 2.05) is 0 Å². The number of para-hydroxylation sites is 2. The van der Waals surface area contributed by atoms with Crippen molar-refractivity contribution in [2.24, 2.45) is 0 Å². The molecular formula is C20H14Cl2N2O4. The van der Waals surface area contributed by atoms with Gasteiger partial charge in [-0.25, -0.2) is 9.59 Å². The molecule has 0 radical (unpaired) electrons. The number of benzene rings is 3. The predicted molar refractivity (Wildman–Crippen MR) is 110 cm³/mol. The molecule has 4 N–H and O–H groups in total. The van der Waals surface area contributed by atoms with Crippen LogP contribution in [0.1, 0.15) is 20.7 Å². The van der Waals surface area contributed by atoms with E-state index in [-0.39, 0.29) is 16.1 Å². The molecule has 0 fully saturated rings. The van der Waals surface area contributed by atoms with Crippen molar-refractivity contribution in [2.75, 3.05) is 10.6 Å². The van der Waals surface area contributed by atoms with Gasteiger partial charge in [0.1, 0.15) is 0 Å². The predicted octanol–water partition coefficient (Wildman–Crippen LogP) is 5.88. The molecule has 0 aliphatic carbocycles. The van der Waals surface area contributed by atoms with E-state index >= 15 is 0 Å². The van der Waals surface area contributed by atoms with Gasteiger partial charge in [-0.2, -0.15) is 0 Å². The molecule has 0 heterocycles. The van der Waals surface area contributed by atoms with Crippen LogP contribution in [0.25, 0.3) is 0 Å². The first-order valence-electron chi connectivity index (χ1n) is 8.04. The summed E-state index contributed by atoms with van der Waals surface area (Å²) in [4.78, 5) is 22.9. The van der Waals surface area contributed by atoms with Gasteiger partial charge in [-0.3, -0.25) is 0 Å². The standard InChI is InChI=1S/C20H14Cl2N2O4/c21-11-9-14(22)18(24-16-8-4-2-6-13(16)20(27)28)17(10-11)23-15-7-3-1-5-12(15)19(25)26/h1-10,23-24H,(H,25,26)(H,27,28). The van der Waals surface area contributed by atoms with Crippen LogP contribution >= 0.6 is 23.2 Å². The van der Waals surface area contributed by atoms with Gasteiger partial charge in [0.05, 0.1) is 38.9 Å². The minimum atomic E-state index is -1.10. The number of carbonyl (C=O) groups is 2. The van der Waals surface area contributed by atoms with E-state index < -0.39 is 11.9 Å². The van der Waals surface area contributed by atoms with Crippen LogP contribution in [0, 0.1) is 0 Å². The Hall–Kier alpha value is -3.22. The van der Waals surface area contributed by atoms with E-state index in [1.54, 1.807) is 42.5 Å². The fourth-order valence-corrected chi connectivity index (χ4v) is 3.18. The van der Waals surface area contributed by atoms with Crippen molar-refractivity contribution >= 4 is 57.9 Å². The molecule has 0 aliphatic rings. The Kier molecular flexibility index (Phi) is 5.73. The van der Waals surface area contributed by atoms with Crippen LogP contribution in [0.3, 0.4) is 0 Å². The summed E-state index contributed by atoms with van der Waals surface area (Å²) in [6.07, 6.45) is 0. The third-order valence-corrected chi connectivity index (χ3v) is 4.42. The second kappa shape index (κ2) is 8.21. The molecular weight excluding hydrogens is 403 g/mol. The maximum atomic E-state index is 11.5. The van der Waals surface area contributed by atoms with Crippen molar-refractivity contribution in [1.29, 1.82) is 0 Å². The number of halogens is 2. The SMILES string of the molecule is O=C(O)c1ccccc1Nc1cc(Cl)cc(Cl)c1Nc1ccccc1C(=O)O. The molecule has 28 heavy (non-hydrogen) atoms. The lowest BCUT2D eigenvalue weighted by Gasteiger charge is -2.18. The Morgan fingerprint density at radius 2 is 1.21 bits per heavy atom. The number of hydrogen-bond donors (Lipinski definition) is 4. The molecule has 6 nitrogen and oxygen atoms in total. The van der Waals surface area contributed by atoms with Crippen molar-refractivity contribution in [3.63, 3.8) is 0 Å². The summed E-state index contributed by atoms with van der Waals surface area (Å²) in [5.74, 6) is -2.19. The van der Waals surface area contributed by atoms with Crippen LogP contribution in [0.2, 0.25) is 10.0 Å². The lowest BCUT2D eigenvalue weighted by molar-refractivity contribution is 0.0687. The Labute approximate surface area is 170 Å². The molecule has 0 saturated heterocycles. The van der Waals surface area contributed by atoms with Crippen LogP contribution in [0.5, 0.6) is 0 Å². The van der Waals surface area contributed by atoms with Crippen LogP contribution in [-0.4, -0.2) is 22.2 Å². The van der Waals surface area contributed by atoms with E-state index in [4.69, 9.17) is 23.2 Å². The van der Waals surface area contributed by atoms with Crippen molar-refractivity contribution in [3.05, 3.63) is 81.8 Å². The van der Waals surface area contributed by atoms with Crippen LogP contribution in [-0.2, 0) is 0 Å². The molecule has 0 unspecified atom stereocenters. The number of aromatic carboxylic acids is 2. The highest BCUT2D eigenvalue weighted by Crippen LogP contribution is 2.38. The smallest absolute Gasteiger partial charge is 0.337 e. The Balaban J connectivity index is 2.07. The maximum Gasteiger partial charge on any atom is 0.337 e. The first-order chi connectivity index (χ1) is 13.4. The number of carboxylic acid groups (broad SMARTS) is 2. The molecule has 3 rings (SSSR count). The summed E-state index contributed by atoms with van der Waals surface area (Å²) in [6, 6.07) is 15.8. The number of carboxylic acids is 2. The summed E-state index contributed by atoms with van der Waals surface area (Å²) in [5.41, 5.74) is 1.55. The molecule has 3 aromatic rings. The average Bonchev–Trinajstić information content (AvgIpc) is 2.65. The normalized spacial score (nSPS) is 10.4. The Bertz CT molecular complexity index is 1070. The van der Waals surface area contributed by atoms with Gasteiger partial charge in [0.25, 0.3) is 0 Å². The van der Waals surface area contributed by atoms with Crippen LogP contribution in [0.15, 0.2) is 60.7 Å². The first-order valence-corrected chi connectivity index (χ1v) is 8.80. The highest BCUT2D eigenvalue weighted by molar-refractivity contribution is 6.37. The van der Waals surface area contributed by atoms with E-state index in [9.17, 15) is 19.8 Å². The molecule has 0 bridgehead atoms. The zero-order valence-electron chi connectivity index (χ0n) is 14.2. The second-order valence-electron chi connectivity index (χ2n) is 5.76. The summed E-state index contributed by atoms with van der Waals surface area (Å²) >= 11 is 12.4. The van der Waals surface area contributed by atoms with Gasteiger partial charge < -0.3 is 20.8 Å². The highest BCUT2D eigenvalue weighted by Gasteiger charge is 2.16. The molecule has 0 atom stereocenters. The maximum absolute atomic E-state index is 11.5. The fraction of sp³-hybridized carbons (Fsp3) is 0. The Morgan fingerprint density at radius 3 is 1.75 bits per heavy atom. The largest absolute Gasteiger partial charge is 0.478 e. The molecule has 0 amide bonds. The van der Waals surface area contributed by atoms with Crippen molar-refractivity contribution in [3.8, 4) is 0 Å². The first kappa shape index (κ1) is 19.5. The van der Waals surface area contributed by atoms with E-state index in [1.165, 1.54) is 18.2 Å². The van der Waals surface area contributed by atoms with Gasteiger partial charge in [-0.05, 0) is 36.4 Å². The molecule has 8 heteroatoms. The molecule has 0 spiro atoms.